The van der Waals surface area contributed by atoms with E-state index in [0.717, 1.165) is 0 Å². The van der Waals surface area contributed by atoms with Gasteiger partial charge in [0.1, 0.15) is 5.82 Å². The summed E-state index contributed by atoms with van der Waals surface area (Å²) < 4.78 is 16.4. The van der Waals surface area contributed by atoms with Crippen LogP contribution in [-0.2, 0) is 0 Å². The molecule has 10 heteroatoms. The summed E-state index contributed by atoms with van der Waals surface area (Å²) in [6.07, 6.45) is 4.23. The second kappa shape index (κ2) is 8.97. The van der Waals surface area contributed by atoms with Crippen molar-refractivity contribution in [3.63, 3.8) is 0 Å². The largest absolute Gasteiger partial charge is 0.351 e. The Morgan fingerprint density at radius 2 is 1.82 bits per heavy atom. The normalized spacial score (nSPS) is 15.0. The molecule has 0 saturated carbocycles. The Kier molecular flexibility index (Phi) is 6.25. The average molecular weight is 473 g/mol. The first-order valence-electron chi connectivity index (χ1n) is 10.8. The minimum Gasteiger partial charge on any atom is -0.333 e. The Balaban J connectivity index is 1.67. The molecule has 4 rings (SSSR count). The van der Waals surface area contributed by atoms with Gasteiger partial charge in [-0.3, -0.25) is 4.98 Å². The van der Waals surface area contributed by atoms with Crippen molar-refractivity contribution in [3.8, 4) is 17.1 Å². The standard InChI is InChI=1S/C23H26ClFN6O2/c1-23(2,3)27-21(32)29-12-9-17(10-13-29)31-22(33)30(16-6-4-15(25)5-7-16)20(28-31)18-8-11-26-14-19(18)24/h4-8,11,14,17H,9-10,12-13H2,1-3H3,(H,27,32). The van der Waals surface area contributed by atoms with Gasteiger partial charge in [-0.15, -0.1) is 5.10 Å². The topological polar surface area (TPSA) is 85.1 Å². The van der Waals surface area contributed by atoms with E-state index >= 15 is 0 Å². The zero-order chi connectivity index (χ0) is 23.8. The van der Waals surface area contributed by atoms with Crippen LogP contribution in [0.25, 0.3) is 17.1 Å². The van der Waals surface area contributed by atoms with Crippen molar-refractivity contribution in [2.24, 2.45) is 0 Å². The van der Waals surface area contributed by atoms with Crippen LogP contribution in [0.5, 0.6) is 0 Å². The van der Waals surface area contributed by atoms with Crippen LogP contribution in [-0.4, -0.2) is 48.9 Å². The molecule has 174 valence electrons. The van der Waals surface area contributed by atoms with E-state index < -0.39 is 5.82 Å². The molecule has 3 heterocycles. The minimum atomic E-state index is -0.399. The van der Waals surface area contributed by atoms with E-state index in [1.807, 2.05) is 20.8 Å². The van der Waals surface area contributed by atoms with E-state index in [1.165, 1.54) is 39.7 Å². The summed E-state index contributed by atoms with van der Waals surface area (Å²) in [4.78, 5) is 31.7. The predicted octanol–water partition coefficient (Wildman–Crippen LogP) is 4.03. The predicted molar refractivity (Wildman–Crippen MR) is 124 cm³/mol. The summed E-state index contributed by atoms with van der Waals surface area (Å²) in [5.41, 5.74) is 0.366. The molecule has 3 aromatic rings. The molecule has 8 nitrogen and oxygen atoms in total. The van der Waals surface area contributed by atoms with Crippen LogP contribution in [0.3, 0.4) is 0 Å². The summed E-state index contributed by atoms with van der Waals surface area (Å²) in [5, 5.41) is 7.96. The van der Waals surface area contributed by atoms with Gasteiger partial charge in [0.2, 0.25) is 0 Å². The maximum Gasteiger partial charge on any atom is 0.351 e. The molecule has 0 spiro atoms. The molecule has 1 saturated heterocycles. The number of piperidine rings is 1. The number of pyridine rings is 1. The Morgan fingerprint density at radius 3 is 2.42 bits per heavy atom. The summed E-state index contributed by atoms with van der Waals surface area (Å²) >= 11 is 6.36. The maximum atomic E-state index is 13.5. The molecule has 0 atom stereocenters. The van der Waals surface area contributed by atoms with Crippen LogP contribution >= 0.6 is 11.6 Å². The molecular weight excluding hydrogens is 447 g/mol. The van der Waals surface area contributed by atoms with E-state index in [-0.39, 0.29) is 23.3 Å². The van der Waals surface area contributed by atoms with E-state index in [2.05, 4.69) is 15.4 Å². The van der Waals surface area contributed by atoms with Gasteiger partial charge in [-0.05, 0) is 63.9 Å². The first-order chi connectivity index (χ1) is 15.6. The highest BCUT2D eigenvalue weighted by molar-refractivity contribution is 6.33. The summed E-state index contributed by atoms with van der Waals surface area (Å²) in [5.74, 6) is -0.0458. The number of halogens is 2. The number of rotatable bonds is 3. The molecule has 1 aliphatic heterocycles. The lowest BCUT2D eigenvalue weighted by Crippen LogP contribution is -2.51. The molecule has 1 aromatic carbocycles. The molecule has 1 aliphatic rings. The number of carbonyl (C=O) groups excluding carboxylic acids is 1. The molecule has 0 bridgehead atoms. The van der Waals surface area contributed by atoms with Crippen LogP contribution in [0.2, 0.25) is 5.02 Å². The van der Waals surface area contributed by atoms with Crippen molar-refractivity contribution in [2.75, 3.05) is 13.1 Å². The molecule has 33 heavy (non-hydrogen) atoms. The Bertz CT molecular complexity index is 1210. The number of likely N-dealkylation sites (tertiary alicyclic amines) is 1. The van der Waals surface area contributed by atoms with Gasteiger partial charge in [-0.25, -0.2) is 23.2 Å². The molecular formula is C23H26ClFN6O2. The van der Waals surface area contributed by atoms with E-state index in [0.29, 0.717) is 48.0 Å². The Morgan fingerprint density at radius 1 is 1.15 bits per heavy atom. The van der Waals surface area contributed by atoms with E-state index in [1.54, 1.807) is 17.2 Å². The highest BCUT2D eigenvalue weighted by atomic mass is 35.5. The number of nitrogens with one attached hydrogen (secondary N) is 1. The van der Waals surface area contributed by atoms with Gasteiger partial charge < -0.3 is 10.2 Å². The Labute approximate surface area is 196 Å². The third-order valence-electron chi connectivity index (χ3n) is 5.48. The zero-order valence-corrected chi connectivity index (χ0v) is 19.5. The first kappa shape index (κ1) is 23.0. The minimum absolute atomic E-state index is 0.116. The number of carbonyl (C=O) groups is 1. The second-order valence-electron chi connectivity index (χ2n) is 9.12. The van der Waals surface area contributed by atoms with Gasteiger partial charge in [0.15, 0.2) is 5.82 Å². The van der Waals surface area contributed by atoms with Crippen molar-refractivity contribution in [2.45, 2.75) is 45.2 Å². The van der Waals surface area contributed by atoms with Gasteiger partial charge in [0.05, 0.1) is 16.8 Å². The molecule has 1 fully saturated rings. The monoisotopic (exact) mass is 472 g/mol. The quantitative estimate of drug-likeness (QED) is 0.623. The van der Waals surface area contributed by atoms with Gasteiger partial charge >= 0.3 is 11.7 Å². The summed E-state index contributed by atoms with van der Waals surface area (Å²) in [6.45, 7) is 6.82. The fourth-order valence-electron chi connectivity index (χ4n) is 3.89. The van der Waals surface area contributed by atoms with Gasteiger partial charge in [-0.1, -0.05) is 11.6 Å². The number of aromatic nitrogens is 4. The van der Waals surface area contributed by atoms with Crippen LogP contribution in [0, 0.1) is 5.82 Å². The van der Waals surface area contributed by atoms with Crippen molar-refractivity contribution < 1.29 is 9.18 Å². The fourth-order valence-corrected chi connectivity index (χ4v) is 4.09. The highest BCUT2D eigenvalue weighted by Gasteiger charge is 2.29. The third kappa shape index (κ3) is 4.93. The lowest BCUT2D eigenvalue weighted by Gasteiger charge is -2.34. The number of urea groups is 1. The summed E-state index contributed by atoms with van der Waals surface area (Å²) in [7, 11) is 0. The number of benzene rings is 1. The van der Waals surface area contributed by atoms with Crippen LogP contribution in [0.15, 0.2) is 47.5 Å². The van der Waals surface area contributed by atoms with Crippen molar-refractivity contribution in [1.82, 2.24) is 29.5 Å². The van der Waals surface area contributed by atoms with Gasteiger partial charge in [-0.2, -0.15) is 0 Å². The van der Waals surface area contributed by atoms with Crippen molar-refractivity contribution in [3.05, 3.63) is 64.0 Å². The van der Waals surface area contributed by atoms with E-state index in [4.69, 9.17) is 11.6 Å². The fraction of sp³-hybridized carbons (Fsp3) is 0.391. The molecule has 2 aromatic heterocycles. The number of hydrogen-bond donors (Lipinski definition) is 1. The molecule has 0 aliphatic carbocycles. The van der Waals surface area contributed by atoms with Gasteiger partial charge in [0, 0.05) is 36.6 Å². The molecule has 0 unspecified atom stereocenters. The highest BCUT2D eigenvalue weighted by Crippen LogP contribution is 2.28. The molecule has 0 radical (unpaired) electrons. The van der Waals surface area contributed by atoms with Crippen LogP contribution in [0.1, 0.15) is 39.7 Å². The zero-order valence-electron chi connectivity index (χ0n) is 18.8. The second-order valence-corrected chi connectivity index (χ2v) is 9.52. The number of hydrogen-bond acceptors (Lipinski definition) is 4. The average Bonchev–Trinajstić information content (AvgIpc) is 3.10. The molecule has 2 amide bonds. The van der Waals surface area contributed by atoms with Crippen LogP contribution < -0.4 is 11.0 Å². The van der Waals surface area contributed by atoms with E-state index in [9.17, 15) is 14.0 Å². The SMILES string of the molecule is CC(C)(C)NC(=O)N1CCC(n2nc(-c3ccncc3Cl)n(-c3ccc(F)cc3)c2=O)CC1. The maximum absolute atomic E-state index is 13.5. The van der Waals surface area contributed by atoms with Crippen molar-refractivity contribution >= 4 is 17.6 Å². The van der Waals surface area contributed by atoms with Gasteiger partial charge in [0.25, 0.3) is 0 Å². The lowest BCUT2D eigenvalue weighted by molar-refractivity contribution is 0.160. The summed E-state index contributed by atoms with van der Waals surface area (Å²) in [6, 6.07) is 7.04. The van der Waals surface area contributed by atoms with Crippen LogP contribution in [0.4, 0.5) is 9.18 Å². The third-order valence-corrected chi connectivity index (χ3v) is 5.78. The van der Waals surface area contributed by atoms with Crippen molar-refractivity contribution in [1.29, 1.82) is 0 Å². The molecule has 1 N–H and O–H groups in total. The number of amides is 2. The smallest absolute Gasteiger partial charge is 0.333 e. The number of nitrogens with zero attached hydrogens (tertiary/aromatic N) is 5. The Hall–Kier alpha value is -3.20. The lowest BCUT2D eigenvalue weighted by atomic mass is 10.1. The first-order valence-corrected chi connectivity index (χ1v) is 11.2.